The van der Waals surface area contributed by atoms with Gasteiger partial charge in [-0.2, -0.15) is 0 Å². The van der Waals surface area contributed by atoms with Crippen molar-refractivity contribution in [2.45, 2.75) is 11.4 Å². The van der Waals surface area contributed by atoms with Crippen LogP contribution in [-0.4, -0.2) is 73.3 Å². The Bertz CT molecular complexity index is 912. The fourth-order valence-electron chi connectivity index (χ4n) is 2.50. The number of hydrogen-bond donors (Lipinski definition) is 4. The van der Waals surface area contributed by atoms with Gasteiger partial charge in [-0.25, -0.2) is 14.6 Å². The van der Waals surface area contributed by atoms with Crippen LogP contribution < -0.4 is 11.1 Å². The molecule has 28 heavy (non-hydrogen) atoms. The molecule has 1 aromatic rings. The van der Waals surface area contributed by atoms with E-state index in [9.17, 15) is 19.2 Å². The highest BCUT2D eigenvalue weighted by molar-refractivity contribution is 8.00. The van der Waals surface area contributed by atoms with Gasteiger partial charge in [-0.15, -0.1) is 23.1 Å². The molecule has 0 radical (unpaired) electrons. The van der Waals surface area contributed by atoms with Crippen molar-refractivity contribution in [3.05, 3.63) is 22.8 Å². The first kappa shape index (κ1) is 19.6. The average molecular weight is 427 g/mol. The first-order chi connectivity index (χ1) is 13.3. The standard InChI is InChI=1S/C14H13N5O7S2/c15-14-16-5(4-28-14)8(18-26-3-7(20)21)10(22)17-9-11(23)19-6(13(24)25)1-2-27-12(9)19/h1,4,9,12H,2-3H2,(H2,15,16)(H,17,22)(H,20,21)(H,24,25)/b18-8+/t9?,12-/m1/s1. The maximum Gasteiger partial charge on any atom is 0.352 e. The third-order valence-corrected chi connectivity index (χ3v) is 5.53. The Morgan fingerprint density at radius 3 is 2.79 bits per heavy atom. The zero-order valence-electron chi connectivity index (χ0n) is 13.9. The number of nitrogen functional groups attached to an aromatic ring is 1. The monoisotopic (exact) mass is 427 g/mol. The molecule has 0 aliphatic carbocycles. The molecule has 12 nitrogen and oxygen atoms in total. The molecule has 0 spiro atoms. The lowest BCUT2D eigenvalue weighted by Crippen LogP contribution is -2.70. The number of nitrogens with two attached hydrogens (primary N) is 1. The van der Waals surface area contributed by atoms with E-state index in [0.29, 0.717) is 5.75 Å². The molecule has 3 rings (SSSR count). The summed E-state index contributed by atoms with van der Waals surface area (Å²) in [6.45, 7) is -0.780. The van der Waals surface area contributed by atoms with Gasteiger partial charge < -0.3 is 26.1 Å². The summed E-state index contributed by atoms with van der Waals surface area (Å²) < 4.78 is 0. The lowest BCUT2D eigenvalue weighted by Gasteiger charge is -2.48. The highest BCUT2D eigenvalue weighted by Gasteiger charge is 2.53. The minimum absolute atomic E-state index is 0.0523. The van der Waals surface area contributed by atoms with Crippen molar-refractivity contribution in [3.8, 4) is 0 Å². The molecule has 1 saturated heterocycles. The summed E-state index contributed by atoms with van der Waals surface area (Å²) in [5.41, 5.74) is 5.11. The van der Waals surface area contributed by atoms with Crippen LogP contribution in [0.25, 0.3) is 0 Å². The van der Waals surface area contributed by atoms with Crippen molar-refractivity contribution >= 4 is 57.7 Å². The molecule has 0 saturated carbocycles. The summed E-state index contributed by atoms with van der Waals surface area (Å²) in [4.78, 5) is 56.4. The van der Waals surface area contributed by atoms with E-state index in [1.165, 1.54) is 23.2 Å². The molecule has 2 aliphatic heterocycles. The highest BCUT2D eigenvalue weighted by atomic mass is 32.2. The van der Waals surface area contributed by atoms with Crippen molar-refractivity contribution in [2.75, 3.05) is 18.1 Å². The van der Waals surface area contributed by atoms with Crippen LogP contribution in [-0.2, 0) is 24.0 Å². The number of thioether (sulfide) groups is 1. The number of oxime groups is 1. The summed E-state index contributed by atoms with van der Waals surface area (Å²) in [5.74, 6) is -3.57. The lowest BCUT2D eigenvalue weighted by atomic mass is 10.0. The summed E-state index contributed by atoms with van der Waals surface area (Å²) in [6, 6.07) is -0.971. The first-order valence-electron chi connectivity index (χ1n) is 7.61. The number of hydrogen-bond acceptors (Lipinski definition) is 10. The number of carbonyl (C=O) groups is 4. The Morgan fingerprint density at radius 2 is 2.18 bits per heavy atom. The van der Waals surface area contributed by atoms with E-state index in [1.54, 1.807) is 0 Å². The van der Waals surface area contributed by atoms with Crippen molar-refractivity contribution in [2.24, 2.45) is 5.16 Å². The van der Waals surface area contributed by atoms with E-state index in [2.05, 4.69) is 20.3 Å². The van der Waals surface area contributed by atoms with Gasteiger partial charge in [0.2, 0.25) is 6.61 Å². The molecule has 3 heterocycles. The molecular formula is C14H13N5O7S2. The Morgan fingerprint density at radius 1 is 1.43 bits per heavy atom. The average Bonchev–Trinajstić information content (AvgIpc) is 3.07. The number of thiazole rings is 1. The first-order valence-corrected chi connectivity index (χ1v) is 9.54. The van der Waals surface area contributed by atoms with Gasteiger partial charge in [0.25, 0.3) is 11.8 Å². The van der Waals surface area contributed by atoms with Crippen LogP contribution in [0.4, 0.5) is 5.13 Å². The summed E-state index contributed by atoms with van der Waals surface area (Å²) in [5, 5.41) is 24.8. The van der Waals surface area contributed by atoms with Gasteiger partial charge in [0.05, 0.1) is 0 Å². The number of nitrogens with zero attached hydrogens (tertiary/aromatic N) is 3. The van der Waals surface area contributed by atoms with Gasteiger partial charge in [-0.1, -0.05) is 5.16 Å². The number of rotatable bonds is 7. The normalized spacial score (nSPS) is 21.3. The predicted molar refractivity (Wildman–Crippen MR) is 97.4 cm³/mol. The Labute approximate surface area is 165 Å². The van der Waals surface area contributed by atoms with Gasteiger partial charge in [0, 0.05) is 11.1 Å². The van der Waals surface area contributed by atoms with Gasteiger partial charge in [-0.05, 0) is 6.08 Å². The molecule has 2 amide bonds. The number of amides is 2. The van der Waals surface area contributed by atoms with E-state index < -0.39 is 41.8 Å². The third-order valence-electron chi connectivity index (χ3n) is 3.68. The smallest absolute Gasteiger partial charge is 0.352 e. The molecule has 1 unspecified atom stereocenters. The molecule has 1 fully saturated rings. The Kier molecular flexibility index (Phi) is 5.51. The number of aromatic nitrogens is 1. The topological polar surface area (TPSA) is 185 Å². The second-order valence-electron chi connectivity index (χ2n) is 5.46. The molecule has 2 aliphatic rings. The fraction of sp³-hybridized carbons (Fsp3) is 0.286. The zero-order valence-corrected chi connectivity index (χ0v) is 15.5. The Balaban J connectivity index is 1.76. The fourth-order valence-corrected chi connectivity index (χ4v) is 4.24. The minimum atomic E-state index is -1.29. The molecule has 14 heteroatoms. The van der Waals surface area contributed by atoms with Crippen molar-refractivity contribution < 1.29 is 34.2 Å². The predicted octanol–water partition coefficient (Wildman–Crippen LogP) is -1.10. The molecular weight excluding hydrogens is 414 g/mol. The van der Waals surface area contributed by atoms with Gasteiger partial charge in [0.15, 0.2) is 10.8 Å². The van der Waals surface area contributed by atoms with E-state index in [-0.39, 0.29) is 22.2 Å². The number of nitrogens with one attached hydrogen (secondary N) is 1. The number of aliphatic carboxylic acids is 2. The maximum absolute atomic E-state index is 12.6. The number of carboxylic acids is 2. The minimum Gasteiger partial charge on any atom is -0.479 e. The van der Waals surface area contributed by atoms with Gasteiger partial charge in [0.1, 0.15) is 22.8 Å². The van der Waals surface area contributed by atoms with E-state index in [4.69, 9.17) is 15.9 Å². The number of anilines is 1. The second kappa shape index (κ2) is 7.85. The molecule has 0 bridgehead atoms. The number of carboxylic acid groups (broad SMARTS) is 2. The number of carbonyl (C=O) groups excluding carboxylic acids is 2. The molecule has 0 aromatic carbocycles. The van der Waals surface area contributed by atoms with Crippen LogP contribution in [0, 0.1) is 0 Å². The van der Waals surface area contributed by atoms with Crippen LogP contribution in [0.5, 0.6) is 0 Å². The van der Waals surface area contributed by atoms with Crippen LogP contribution in [0.3, 0.4) is 0 Å². The maximum atomic E-state index is 12.6. The molecule has 5 N–H and O–H groups in total. The van der Waals surface area contributed by atoms with Gasteiger partial charge in [-0.3, -0.25) is 14.5 Å². The van der Waals surface area contributed by atoms with Crippen molar-refractivity contribution in [1.29, 1.82) is 0 Å². The summed E-state index contributed by atoms with van der Waals surface area (Å²) >= 11 is 2.32. The van der Waals surface area contributed by atoms with E-state index in [1.807, 2.05) is 0 Å². The summed E-state index contributed by atoms with van der Waals surface area (Å²) in [6.07, 6.45) is 1.42. The van der Waals surface area contributed by atoms with Crippen LogP contribution in [0.1, 0.15) is 5.69 Å². The number of β-lactam (4-membered cyclic amide) rings is 1. The Hall–Kier alpha value is -3.13. The third kappa shape index (κ3) is 3.77. The molecule has 2 atom stereocenters. The van der Waals surface area contributed by atoms with Crippen LogP contribution in [0.15, 0.2) is 22.3 Å². The lowest BCUT2D eigenvalue weighted by molar-refractivity contribution is -0.150. The summed E-state index contributed by atoms with van der Waals surface area (Å²) in [7, 11) is 0. The quantitative estimate of drug-likeness (QED) is 0.236. The number of fused-ring (bicyclic) bond motifs is 1. The van der Waals surface area contributed by atoms with Gasteiger partial charge >= 0.3 is 11.9 Å². The largest absolute Gasteiger partial charge is 0.479 e. The highest BCUT2D eigenvalue weighted by Crippen LogP contribution is 2.37. The molecule has 148 valence electrons. The van der Waals surface area contributed by atoms with E-state index in [0.717, 1.165) is 16.2 Å². The zero-order chi connectivity index (χ0) is 20.4. The van der Waals surface area contributed by atoms with Crippen molar-refractivity contribution in [3.63, 3.8) is 0 Å². The molecule has 1 aromatic heterocycles. The second-order valence-corrected chi connectivity index (χ2v) is 7.50. The van der Waals surface area contributed by atoms with Crippen LogP contribution >= 0.6 is 23.1 Å². The van der Waals surface area contributed by atoms with Crippen LogP contribution in [0.2, 0.25) is 0 Å². The van der Waals surface area contributed by atoms with Crippen molar-refractivity contribution in [1.82, 2.24) is 15.2 Å². The SMILES string of the molecule is Nc1nc(/C(=N\OCC(=O)O)C(=O)NC2C(=O)N3C(C(=O)O)=CCS[C@H]23)cs1. The van der Waals surface area contributed by atoms with E-state index >= 15 is 0 Å².